The monoisotopic (exact) mass is 364 g/mol. The summed E-state index contributed by atoms with van der Waals surface area (Å²) in [6.07, 6.45) is 3.80. The standard InChI is InChI=1S/C14H20N4OS.2ClH/c19-14(12-9-20-10-16-12)17-11-4-7-18(8-5-11)13-3-1-2-6-15-13;;/h1-3,6,11-12,16H,4-5,7-10H2,(H,17,19);2*1H. The van der Waals surface area contributed by atoms with E-state index in [1.807, 2.05) is 24.4 Å². The number of hydrogen-bond acceptors (Lipinski definition) is 5. The Balaban J connectivity index is 0.00000121. The van der Waals surface area contributed by atoms with Gasteiger partial charge in [0.25, 0.3) is 0 Å². The molecule has 0 spiro atoms. The molecule has 2 saturated heterocycles. The molecular formula is C14H22Cl2N4OS. The molecule has 5 nitrogen and oxygen atoms in total. The third-order valence-corrected chi connectivity index (χ3v) is 4.79. The normalized spacial score (nSPS) is 21.6. The maximum atomic E-state index is 12.1. The van der Waals surface area contributed by atoms with Gasteiger partial charge in [0.15, 0.2) is 0 Å². The maximum absolute atomic E-state index is 12.1. The quantitative estimate of drug-likeness (QED) is 0.854. The van der Waals surface area contributed by atoms with Crippen LogP contribution in [0.3, 0.4) is 0 Å². The predicted octanol–water partition coefficient (Wildman–Crippen LogP) is 1.67. The molecule has 1 amide bonds. The van der Waals surface area contributed by atoms with E-state index in [2.05, 4.69) is 20.5 Å². The largest absolute Gasteiger partial charge is 0.356 e. The van der Waals surface area contributed by atoms with Crippen molar-refractivity contribution in [1.29, 1.82) is 0 Å². The van der Waals surface area contributed by atoms with E-state index in [-0.39, 0.29) is 36.8 Å². The van der Waals surface area contributed by atoms with E-state index in [1.54, 1.807) is 11.8 Å². The van der Waals surface area contributed by atoms with Crippen LogP contribution in [-0.4, -0.2) is 47.7 Å². The number of pyridine rings is 1. The van der Waals surface area contributed by atoms with E-state index in [9.17, 15) is 4.79 Å². The first-order valence-electron chi connectivity index (χ1n) is 7.10. The number of aromatic nitrogens is 1. The van der Waals surface area contributed by atoms with E-state index in [1.165, 1.54) is 0 Å². The molecule has 3 rings (SSSR count). The number of carbonyl (C=O) groups excluding carboxylic acids is 1. The number of anilines is 1. The van der Waals surface area contributed by atoms with Gasteiger partial charge in [-0.1, -0.05) is 6.07 Å². The first-order valence-corrected chi connectivity index (χ1v) is 8.26. The van der Waals surface area contributed by atoms with Crippen LogP contribution >= 0.6 is 36.6 Å². The second-order valence-electron chi connectivity index (χ2n) is 5.23. The fraction of sp³-hybridized carbons (Fsp3) is 0.571. The molecule has 0 aliphatic carbocycles. The summed E-state index contributed by atoms with van der Waals surface area (Å²) in [7, 11) is 0. The van der Waals surface area contributed by atoms with Crippen molar-refractivity contribution in [2.24, 2.45) is 0 Å². The predicted molar refractivity (Wildman–Crippen MR) is 96.4 cm³/mol. The summed E-state index contributed by atoms with van der Waals surface area (Å²) < 4.78 is 0. The second kappa shape index (κ2) is 9.45. The van der Waals surface area contributed by atoms with Crippen molar-refractivity contribution in [3.05, 3.63) is 24.4 Å². The molecule has 1 unspecified atom stereocenters. The van der Waals surface area contributed by atoms with Crippen LogP contribution in [0.5, 0.6) is 0 Å². The van der Waals surface area contributed by atoms with Crippen molar-refractivity contribution >= 4 is 48.3 Å². The molecule has 8 heteroatoms. The molecule has 0 saturated carbocycles. The van der Waals surface area contributed by atoms with Gasteiger partial charge in [-0.25, -0.2) is 4.98 Å². The third kappa shape index (κ3) is 4.91. The van der Waals surface area contributed by atoms with Gasteiger partial charge in [-0.15, -0.1) is 36.6 Å². The topological polar surface area (TPSA) is 57.3 Å². The highest BCUT2D eigenvalue weighted by atomic mass is 35.5. The second-order valence-corrected chi connectivity index (χ2v) is 6.26. The summed E-state index contributed by atoms with van der Waals surface area (Å²) in [6, 6.07) is 6.28. The van der Waals surface area contributed by atoms with E-state index >= 15 is 0 Å². The molecule has 0 aromatic carbocycles. The van der Waals surface area contributed by atoms with E-state index in [4.69, 9.17) is 0 Å². The highest BCUT2D eigenvalue weighted by Crippen LogP contribution is 2.17. The maximum Gasteiger partial charge on any atom is 0.238 e. The van der Waals surface area contributed by atoms with E-state index in [0.717, 1.165) is 43.4 Å². The molecule has 2 aliphatic heterocycles. The van der Waals surface area contributed by atoms with Gasteiger partial charge in [-0.2, -0.15) is 0 Å². The van der Waals surface area contributed by atoms with Gasteiger partial charge in [0, 0.05) is 37.0 Å². The highest BCUT2D eigenvalue weighted by Gasteiger charge is 2.26. The van der Waals surface area contributed by atoms with Crippen molar-refractivity contribution in [1.82, 2.24) is 15.6 Å². The third-order valence-electron chi connectivity index (χ3n) is 3.85. The Morgan fingerprint density at radius 2 is 2.09 bits per heavy atom. The molecule has 1 aromatic heterocycles. The Kier molecular flexibility index (Phi) is 8.31. The number of rotatable bonds is 3. The minimum absolute atomic E-state index is 0. The fourth-order valence-electron chi connectivity index (χ4n) is 2.66. The molecule has 0 bridgehead atoms. The lowest BCUT2D eigenvalue weighted by atomic mass is 10.0. The minimum atomic E-state index is -0.00572. The number of hydrogen-bond donors (Lipinski definition) is 2. The summed E-state index contributed by atoms with van der Waals surface area (Å²) in [5.74, 6) is 2.96. The Hall–Kier alpha value is -0.690. The molecule has 0 radical (unpaired) electrons. The van der Waals surface area contributed by atoms with Crippen LogP contribution in [0.2, 0.25) is 0 Å². The zero-order valence-electron chi connectivity index (χ0n) is 12.2. The number of piperidine rings is 1. The summed E-state index contributed by atoms with van der Waals surface area (Å²) in [5.41, 5.74) is 0. The van der Waals surface area contributed by atoms with Gasteiger partial charge in [0.2, 0.25) is 5.91 Å². The van der Waals surface area contributed by atoms with Crippen LogP contribution in [0.1, 0.15) is 12.8 Å². The Bertz CT molecular complexity index is 451. The summed E-state index contributed by atoms with van der Waals surface area (Å²) in [6.45, 7) is 1.91. The highest BCUT2D eigenvalue weighted by molar-refractivity contribution is 7.99. The van der Waals surface area contributed by atoms with Crippen molar-refractivity contribution in [3.8, 4) is 0 Å². The first kappa shape index (κ1) is 19.4. The van der Waals surface area contributed by atoms with Crippen LogP contribution in [0.15, 0.2) is 24.4 Å². The molecule has 2 N–H and O–H groups in total. The van der Waals surface area contributed by atoms with Crippen LogP contribution in [-0.2, 0) is 4.79 Å². The number of nitrogens with one attached hydrogen (secondary N) is 2. The zero-order chi connectivity index (χ0) is 13.8. The lowest BCUT2D eigenvalue weighted by Gasteiger charge is -2.33. The molecule has 2 fully saturated rings. The molecule has 1 aromatic rings. The number of thioether (sulfide) groups is 1. The van der Waals surface area contributed by atoms with Crippen LogP contribution in [0, 0.1) is 0 Å². The lowest BCUT2D eigenvalue weighted by Crippen LogP contribution is -2.50. The van der Waals surface area contributed by atoms with Gasteiger partial charge in [-0.3, -0.25) is 10.1 Å². The van der Waals surface area contributed by atoms with Crippen LogP contribution < -0.4 is 15.5 Å². The van der Waals surface area contributed by atoms with Crippen molar-refractivity contribution in [2.45, 2.75) is 24.9 Å². The average molecular weight is 365 g/mol. The van der Waals surface area contributed by atoms with Gasteiger partial charge < -0.3 is 10.2 Å². The first-order chi connectivity index (χ1) is 9.83. The minimum Gasteiger partial charge on any atom is -0.356 e. The average Bonchev–Trinajstić information content (AvgIpc) is 3.03. The summed E-state index contributed by atoms with van der Waals surface area (Å²) in [5, 5.41) is 6.38. The zero-order valence-corrected chi connectivity index (χ0v) is 14.7. The molecule has 124 valence electrons. The van der Waals surface area contributed by atoms with Crippen LogP contribution in [0.4, 0.5) is 5.82 Å². The van der Waals surface area contributed by atoms with Crippen molar-refractivity contribution in [2.75, 3.05) is 29.6 Å². The SMILES string of the molecule is Cl.Cl.O=C(NC1CCN(c2ccccn2)CC1)C1CSCN1. The molecular weight excluding hydrogens is 343 g/mol. The van der Waals surface area contributed by atoms with Gasteiger partial charge in [0.1, 0.15) is 5.82 Å². The smallest absolute Gasteiger partial charge is 0.238 e. The number of carbonyl (C=O) groups is 1. The van der Waals surface area contributed by atoms with E-state index < -0.39 is 0 Å². The Labute approximate surface area is 147 Å². The number of halogens is 2. The Morgan fingerprint density at radius 3 is 2.68 bits per heavy atom. The molecule has 22 heavy (non-hydrogen) atoms. The molecule has 2 aliphatic rings. The van der Waals surface area contributed by atoms with E-state index in [0.29, 0.717) is 6.04 Å². The number of nitrogens with zero attached hydrogens (tertiary/aromatic N) is 2. The Morgan fingerprint density at radius 1 is 1.32 bits per heavy atom. The summed E-state index contributed by atoms with van der Waals surface area (Å²) >= 11 is 1.78. The number of amides is 1. The van der Waals surface area contributed by atoms with Crippen LogP contribution in [0.25, 0.3) is 0 Å². The fourth-order valence-corrected chi connectivity index (χ4v) is 3.60. The van der Waals surface area contributed by atoms with Gasteiger partial charge >= 0.3 is 0 Å². The molecule has 1 atom stereocenters. The van der Waals surface area contributed by atoms with Crippen molar-refractivity contribution in [3.63, 3.8) is 0 Å². The van der Waals surface area contributed by atoms with Crippen molar-refractivity contribution < 1.29 is 4.79 Å². The van der Waals surface area contributed by atoms with Gasteiger partial charge in [0.05, 0.1) is 6.04 Å². The lowest BCUT2D eigenvalue weighted by molar-refractivity contribution is -0.123. The summed E-state index contributed by atoms with van der Waals surface area (Å²) in [4.78, 5) is 18.7. The molecule has 3 heterocycles. The van der Waals surface area contributed by atoms with Gasteiger partial charge in [-0.05, 0) is 25.0 Å².